The second-order valence-electron chi connectivity index (χ2n) is 4.09. The molecule has 0 spiro atoms. The molecular weight excluding hydrogens is 272 g/mol. The van der Waals surface area contributed by atoms with Gasteiger partial charge in [0.05, 0.1) is 0 Å². The first-order chi connectivity index (χ1) is 9.65. The van der Waals surface area contributed by atoms with Crippen molar-refractivity contribution in [3.63, 3.8) is 0 Å². The Morgan fingerprint density at radius 3 is 2.35 bits per heavy atom. The van der Waals surface area contributed by atoms with Crippen molar-refractivity contribution in [1.29, 1.82) is 0 Å². The molecular formula is C15H14N2O2S. The molecule has 0 aliphatic rings. The first kappa shape index (κ1) is 14.0. The summed E-state index contributed by atoms with van der Waals surface area (Å²) in [5, 5.41) is 2.74. The molecule has 0 unspecified atom stereocenters. The monoisotopic (exact) mass is 286 g/mol. The Balaban J connectivity index is 1.85. The minimum absolute atomic E-state index is 0.0543. The number of amides is 1. The van der Waals surface area contributed by atoms with E-state index in [-0.39, 0.29) is 12.5 Å². The number of hydrogen-bond donors (Lipinski definition) is 2. The Bertz CT molecular complexity index is 597. The lowest BCUT2D eigenvalue weighted by Gasteiger charge is -2.08. The molecule has 2 rings (SSSR count). The van der Waals surface area contributed by atoms with Crippen LogP contribution in [0.25, 0.3) is 0 Å². The number of thiocarbonyl (C=S) groups is 1. The molecule has 0 radical (unpaired) electrons. The molecule has 0 aromatic heterocycles. The summed E-state index contributed by atoms with van der Waals surface area (Å²) >= 11 is 4.86. The molecule has 0 saturated heterocycles. The highest BCUT2D eigenvalue weighted by atomic mass is 32.1. The Morgan fingerprint density at radius 1 is 1.10 bits per heavy atom. The van der Waals surface area contributed by atoms with Gasteiger partial charge in [0, 0.05) is 11.3 Å². The normalized spacial score (nSPS) is 9.80. The van der Waals surface area contributed by atoms with Gasteiger partial charge in [-0.25, -0.2) is 0 Å². The third-order valence-corrected chi connectivity index (χ3v) is 2.80. The maximum Gasteiger partial charge on any atom is 0.262 e. The largest absolute Gasteiger partial charge is 0.484 e. The number of ether oxygens (including phenoxy) is 1. The van der Waals surface area contributed by atoms with Gasteiger partial charge in [-0.3, -0.25) is 4.79 Å². The number of hydrogen-bond acceptors (Lipinski definition) is 3. The molecule has 2 aromatic carbocycles. The van der Waals surface area contributed by atoms with Crippen molar-refractivity contribution in [2.75, 3.05) is 11.9 Å². The van der Waals surface area contributed by atoms with E-state index in [0.29, 0.717) is 10.7 Å². The lowest BCUT2D eigenvalue weighted by atomic mass is 10.2. The van der Waals surface area contributed by atoms with E-state index in [2.05, 4.69) is 5.32 Å². The molecule has 4 nitrogen and oxygen atoms in total. The molecule has 0 bridgehead atoms. The third-order valence-electron chi connectivity index (χ3n) is 2.57. The second kappa shape index (κ2) is 6.68. The molecule has 5 heteroatoms. The van der Waals surface area contributed by atoms with Crippen LogP contribution in [-0.2, 0) is 4.79 Å². The number of carbonyl (C=O) groups is 1. The van der Waals surface area contributed by atoms with Gasteiger partial charge in [-0.1, -0.05) is 30.4 Å². The van der Waals surface area contributed by atoms with Crippen LogP contribution in [0.15, 0.2) is 54.6 Å². The fourth-order valence-electron chi connectivity index (χ4n) is 1.58. The zero-order valence-corrected chi connectivity index (χ0v) is 11.5. The van der Waals surface area contributed by atoms with Crippen molar-refractivity contribution in [2.45, 2.75) is 0 Å². The Kier molecular flexibility index (Phi) is 4.68. The molecule has 20 heavy (non-hydrogen) atoms. The van der Waals surface area contributed by atoms with Crippen LogP contribution in [0.2, 0.25) is 0 Å². The van der Waals surface area contributed by atoms with E-state index in [1.165, 1.54) is 0 Å². The third kappa shape index (κ3) is 4.07. The van der Waals surface area contributed by atoms with Crippen LogP contribution in [0.5, 0.6) is 5.75 Å². The summed E-state index contributed by atoms with van der Waals surface area (Å²) in [6, 6.07) is 16.2. The quantitative estimate of drug-likeness (QED) is 0.828. The van der Waals surface area contributed by atoms with E-state index < -0.39 is 0 Å². The number of rotatable bonds is 5. The molecule has 0 saturated carbocycles. The van der Waals surface area contributed by atoms with Gasteiger partial charge in [-0.2, -0.15) is 0 Å². The highest BCUT2D eigenvalue weighted by Gasteiger charge is 2.04. The molecule has 2 aromatic rings. The van der Waals surface area contributed by atoms with Gasteiger partial charge in [0.15, 0.2) is 6.61 Å². The lowest BCUT2D eigenvalue weighted by Crippen LogP contribution is -2.20. The summed E-state index contributed by atoms with van der Waals surface area (Å²) < 4.78 is 5.38. The fraction of sp³-hybridized carbons (Fsp3) is 0.0667. The summed E-state index contributed by atoms with van der Waals surface area (Å²) in [4.78, 5) is 12.0. The van der Waals surface area contributed by atoms with Gasteiger partial charge in [-0.05, 0) is 36.4 Å². The maximum absolute atomic E-state index is 11.7. The smallest absolute Gasteiger partial charge is 0.262 e. The first-order valence-corrected chi connectivity index (χ1v) is 6.43. The Labute approximate surface area is 122 Å². The number of nitrogens with one attached hydrogen (secondary N) is 1. The maximum atomic E-state index is 11.7. The van der Waals surface area contributed by atoms with Crippen molar-refractivity contribution in [1.82, 2.24) is 0 Å². The van der Waals surface area contributed by atoms with Crippen LogP contribution >= 0.6 is 12.2 Å². The SMILES string of the molecule is NC(=S)c1ccc(OCC(=O)Nc2ccccc2)cc1. The number of anilines is 1. The topological polar surface area (TPSA) is 64.3 Å². The van der Waals surface area contributed by atoms with E-state index >= 15 is 0 Å². The van der Waals surface area contributed by atoms with Crippen LogP contribution in [0.3, 0.4) is 0 Å². The van der Waals surface area contributed by atoms with E-state index in [0.717, 1.165) is 11.3 Å². The molecule has 102 valence electrons. The van der Waals surface area contributed by atoms with Crippen LogP contribution in [0, 0.1) is 0 Å². The summed E-state index contributed by atoms with van der Waals surface area (Å²) in [6.07, 6.45) is 0. The van der Waals surface area contributed by atoms with E-state index in [4.69, 9.17) is 22.7 Å². The Morgan fingerprint density at radius 2 is 1.75 bits per heavy atom. The number of para-hydroxylation sites is 1. The minimum atomic E-state index is -0.213. The van der Waals surface area contributed by atoms with Crippen molar-refractivity contribution in [3.05, 3.63) is 60.2 Å². The summed E-state index contributed by atoms with van der Waals surface area (Å²) in [5.41, 5.74) is 7.00. The second-order valence-corrected chi connectivity index (χ2v) is 4.53. The average Bonchev–Trinajstić information content (AvgIpc) is 2.46. The molecule has 0 aliphatic carbocycles. The van der Waals surface area contributed by atoms with Crippen molar-refractivity contribution in [3.8, 4) is 5.75 Å². The van der Waals surface area contributed by atoms with Crippen LogP contribution in [0.1, 0.15) is 5.56 Å². The minimum Gasteiger partial charge on any atom is -0.484 e. The van der Waals surface area contributed by atoms with E-state index in [9.17, 15) is 4.79 Å². The summed E-state index contributed by atoms with van der Waals surface area (Å²) in [5.74, 6) is 0.378. The first-order valence-electron chi connectivity index (χ1n) is 6.03. The van der Waals surface area contributed by atoms with Crippen LogP contribution in [-0.4, -0.2) is 17.5 Å². The van der Waals surface area contributed by atoms with Crippen molar-refractivity contribution < 1.29 is 9.53 Å². The van der Waals surface area contributed by atoms with Gasteiger partial charge in [0.2, 0.25) is 0 Å². The average molecular weight is 286 g/mol. The van der Waals surface area contributed by atoms with Gasteiger partial charge in [0.1, 0.15) is 10.7 Å². The molecule has 0 atom stereocenters. The number of benzene rings is 2. The molecule has 3 N–H and O–H groups in total. The fourth-order valence-corrected chi connectivity index (χ4v) is 1.72. The lowest BCUT2D eigenvalue weighted by molar-refractivity contribution is -0.118. The summed E-state index contributed by atoms with van der Waals surface area (Å²) in [6.45, 7) is -0.0543. The highest BCUT2D eigenvalue weighted by Crippen LogP contribution is 2.12. The van der Waals surface area contributed by atoms with Gasteiger partial charge >= 0.3 is 0 Å². The van der Waals surface area contributed by atoms with Crippen molar-refractivity contribution >= 4 is 28.8 Å². The van der Waals surface area contributed by atoms with Crippen LogP contribution in [0.4, 0.5) is 5.69 Å². The Hall–Kier alpha value is -2.40. The van der Waals surface area contributed by atoms with Gasteiger partial charge < -0.3 is 15.8 Å². The van der Waals surface area contributed by atoms with Gasteiger partial charge in [-0.15, -0.1) is 0 Å². The zero-order chi connectivity index (χ0) is 14.4. The number of carbonyl (C=O) groups excluding carboxylic acids is 1. The predicted molar refractivity (Wildman–Crippen MR) is 82.9 cm³/mol. The van der Waals surface area contributed by atoms with Gasteiger partial charge in [0.25, 0.3) is 5.91 Å². The predicted octanol–water partition coefficient (Wildman–Crippen LogP) is 2.34. The van der Waals surface area contributed by atoms with E-state index in [1.54, 1.807) is 24.3 Å². The number of nitrogens with two attached hydrogens (primary N) is 1. The molecule has 1 amide bonds. The molecule has 0 aliphatic heterocycles. The van der Waals surface area contributed by atoms with Crippen molar-refractivity contribution in [2.24, 2.45) is 5.73 Å². The highest BCUT2D eigenvalue weighted by molar-refractivity contribution is 7.80. The summed E-state index contributed by atoms with van der Waals surface area (Å²) in [7, 11) is 0. The molecule has 0 fully saturated rings. The molecule has 0 heterocycles. The standard InChI is InChI=1S/C15H14N2O2S/c16-15(20)11-6-8-13(9-7-11)19-10-14(18)17-12-4-2-1-3-5-12/h1-9H,10H2,(H2,16,20)(H,17,18). The zero-order valence-electron chi connectivity index (χ0n) is 10.7. The van der Waals surface area contributed by atoms with Crippen LogP contribution < -0.4 is 15.8 Å². The van der Waals surface area contributed by atoms with E-state index in [1.807, 2.05) is 30.3 Å².